The molecule has 0 aliphatic heterocycles. The molecule has 0 fully saturated rings. The van der Waals surface area contributed by atoms with Crippen LogP contribution in [0.25, 0.3) is 4.96 Å². The summed E-state index contributed by atoms with van der Waals surface area (Å²) < 4.78 is 1.30. The van der Waals surface area contributed by atoms with Gasteiger partial charge in [-0.3, -0.25) is 4.79 Å². The lowest BCUT2D eigenvalue weighted by molar-refractivity contribution is 0.755. The molecule has 3 aromatic rings. The van der Waals surface area contributed by atoms with Gasteiger partial charge in [-0.2, -0.15) is 4.52 Å². The first-order chi connectivity index (χ1) is 10.5. The van der Waals surface area contributed by atoms with Crippen molar-refractivity contribution in [3.63, 3.8) is 0 Å². The van der Waals surface area contributed by atoms with Crippen LogP contribution in [0.2, 0.25) is 0 Å². The second-order valence-corrected chi connectivity index (χ2v) is 6.22. The van der Waals surface area contributed by atoms with Crippen molar-refractivity contribution in [2.24, 2.45) is 0 Å². The summed E-state index contributed by atoms with van der Waals surface area (Å²) in [5, 5.41) is 8.13. The molecule has 2 aromatic heterocycles. The highest BCUT2D eigenvalue weighted by Gasteiger charge is 2.08. The van der Waals surface area contributed by atoms with E-state index in [0.29, 0.717) is 16.1 Å². The maximum atomic E-state index is 11.7. The summed E-state index contributed by atoms with van der Waals surface area (Å²) in [5.74, 6) is 0. The van der Waals surface area contributed by atoms with Crippen molar-refractivity contribution in [1.82, 2.24) is 14.6 Å². The second kappa shape index (κ2) is 5.76. The van der Waals surface area contributed by atoms with E-state index in [-0.39, 0.29) is 5.56 Å². The molecule has 7 heteroatoms. The molecule has 0 saturated carbocycles. The first kappa shape index (κ1) is 14.5. The largest absolute Gasteiger partial charge is 0.372 e. The number of anilines is 3. The summed E-state index contributed by atoms with van der Waals surface area (Å²) in [6.07, 6.45) is 1.50. The van der Waals surface area contributed by atoms with Crippen molar-refractivity contribution in [2.45, 2.75) is 19.9 Å². The Hall–Kier alpha value is -2.41. The molecule has 0 atom stereocenters. The monoisotopic (exact) mass is 315 g/mol. The van der Waals surface area contributed by atoms with E-state index in [9.17, 15) is 4.79 Å². The number of nitrogens with zero attached hydrogens (tertiary/aromatic N) is 4. The van der Waals surface area contributed by atoms with Gasteiger partial charge in [0.1, 0.15) is 0 Å². The fourth-order valence-electron chi connectivity index (χ4n) is 2.02. The molecule has 0 aliphatic carbocycles. The lowest BCUT2D eigenvalue weighted by atomic mass is 10.2. The molecule has 6 nitrogen and oxygen atoms in total. The van der Waals surface area contributed by atoms with Crippen molar-refractivity contribution in [2.75, 3.05) is 17.3 Å². The van der Waals surface area contributed by atoms with Gasteiger partial charge in [0.05, 0.1) is 0 Å². The minimum absolute atomic E-state index is 0.178. The Kier molecular flexibility index (Phi) is 3.81. The Morgan fingerprint density at radius 1 is 1.32 bits per heavy atom. The van der Waals surface area contributed by atoms with Gasteiger partial charge in [0, 0.05) is 36.7 Å². The van der Waals surface area contributed by atoms with E-state index in [2.05, 4.69) is 53.3 Å². The van der Waals surface area contributed by atoms with Gasteiger partial charge in [0.25, 0.3) is 5.56 Å². The minimum atomic E-state index is -0.178. The third-order valence-corrected chi connectivity index (χ3v) is 4.29. The van der Waals surface area contributed by atoms with Gasteiger partial charge in [0.15, 0.2) is 0 Å². The summed E-state index contributed by atoms with van der Waals surface area (Å²) in [7, 11) is 2.06. The van der Waals surface area contributed by atoms with E-state index >= 15 is 0 Å². The van der Waals surface area contributed by atoms with Gasteiger partial charge in [-0.1, -0.05) is 17.4 Å². The average Bonchev–Trinajstić information content (AvgIpc) is 2.90. The zero-order valence-corrected chi connectivity index (χ0v) is 13.5. The fraction of sp³-hybridized carbons (Fsp3) is 0.267. The van der Waals surface area contributed by atoms with E-state index in [1.165, 1.54) is 28.1 Å². The molecule has 0 spiro atoms. The maximum absolute atomic E-state index is 11.7. The number of hydrogen-bond acceptors (Lipinski definition) is 6. The second-order valence-electron chi connectivity index (χ2n) is 5.26. The number of hydrogen-bond donors (Lipinski definition) is 1. The molecular weight excluding hydrogens is 298 g/mol. The van der Waals surface area contributed by atoms with Gasteiger partial charge in [-0.15, -0.1) is 5.10 Å². The van der Waals surface area contributed by atoms with Crippen LogP contribution in [0.1, 0.15) is 13.8 Å². The van der Waals surface area contributed by atoms with E-state index in [4.69, 9.17) is 0 Å². The summed E-state index contributed by atoms with van der Waals surface area (Å²) in [4.78, 5) is 18.6. The SMILES string of the molecule is CC(C)N(C)c1cccc(Nc2nn3c(=O)ccnc3s2)c1. The van der Waals surface area contributed by atoms with E-state index in [1.807, 2.05) is 12.1 Å². The highest BCUT2D eigenvalue weighted by Crippen LogP contribution is 2.25. The Labute approximate surface area is 132 Å². The van der Waals surface area contributed by atoms with Crippen molar-refractivity contribution in [3.05, 3.63) is 46.9 Å². The number of nitrogens with one attached hydrogen (secondary N) is 1. The normalized spacial score (nSPS) is 11.1. The molecule has 2 heterocycles. The van der Waals surface area contributed by atoms with E-state index < -0.39 is 0 Å². The zero-order valence-electron chi connectivity index (χ0n) is 12.6. The van der Waals surface area contributed by atoms with Crippen LogP contribution in [0.5, 0.6) is 0 Å². The smallest absolute Gasteiger partial charge is 0.275 e. The third-order valence-electron chi connectivity index (χ3n) is 3.45. The number of aromatic nitrogens is 3. The summed E-state index contributed by atoms with van der Waals surface area (Å²) in [6.45, 7) is 4.29. The minimum Gasteiger partial charge on any atom is -0.372 e. The molecule has 0 radical (unpaired) electrons. The van der Waals surface area contributed by atoms with Crippen LogP contribution in [-0.2, 0) is 0 Å². The molecule has 3 rings (SSSR count). The van der Waals surface area contributed by atoms with Crippen molar-refractivity contribution in [1.29, 1.82) is 0 Å². The fourth-order valence-corrected chi connectivity index (χ4v) is 2.81. The summed E-state index contributed by atoms with van der Waals surface area (Å²) in [5.41, 5.74) is 1.87. The quantitative estimate of drug-likeness (QED) is 0.802. The lowest BCUT2D eigenvalue weighted by Crippen LogP contribution is -2.25. The van der Waals surface area contributed by atoms with Crippen LogP contribution in [0, 0.1) is 0 Å². The van der Waals surface area contributed by atoms with Crippen LogP contribution in [0.4, 0.5) is 16.5 Å². The number of rotatable bonds is 4. The van der Waals surface area contributed by atoms with Gasteiger partial charge in [0.2, 0.25) is 10.1 Å². The zero-order chi connectivity index (χ0) is 15.7. The predicted molar refractivity (Wildman–Crippen MR) is 90.4 cm³/mol. The molecule has 22 heavy (non-hydrogen) atoms. The van der Waals surface area contributed by atoms with Crippen molar-refractivity contribution >= 4 is 32.8 Å². The third kappa shape index (κ3) is 2.80. The molecular formula is C15H17N5OS. The lowest BCUT2D eigenvalue weighted by Gasteiger charge is -2.24. The standard InChI is InChI=1S/C15H17N5OS/c1-10(2)19(3)12-6-4-5-11(9-12)17-14-18-20-13(21)7-8-16-15(20)22-14/h4-10H,1-3H3,(H,17,18). The van der Waals surface area contributed by atoms with Gasteiger partial charge in [-0.25, -0.2) is 4.98 Å². The van der Waals surface area contributed by atoms with Crippen LogP contribution >= 0.6 is 11.3 Å². The number of benzene rings is 1. The highest BCUT2D eigenvalue weighted by molar-refractivity contribution is 7.20. The van der Waals surface area contributed by atoms with Crippen LogP contribution in [0.15, 0.2) is 41.3 Å². The first-order valence-electron chi connectivity index (χ1n) is 6.99. The average molecular weight is 315 g/mol. The van der Waals surface area contributed by atoms with Gasteiger partial charge < -0.3 is 10.2 Å². The van der Waals surface area contributed by atoms with Crippen molar-refractivity contribution in [3.8, 4) is 0 Å². The summed E-state index contributed by atoms with van der Waals surface area (Å²) in [6, 6.07) is 9.90. The van der Waals surface area contributed by atoms with Crippen molar-refractivity contribution < 1.29 is 0 Å². The Morgan fingerprint density at radius 2 is 2.14 bits per heavy atom. The Morgan fingerprint density at radius 3 is 2.86 bits per heavy atom. The Balaban J connectivity index is 1.90. The first-order valence-corrected chi connectivity index (χ1v) is 7.81. The van der Waals surface area contributed by atoms with Crippen LogP contribution < -0.4 is 15.8 Å². The maximum Gasteiger partial charge on any atom is 0.275 e. The molecule has 0 amide bonds. The van der Waals surface area contributed by atoms with Gasteiger partial charge >= 0.3 is 0 Å². The topological polar surface area (TPSA) is 62.5 Å². The predicted octanol–water partition coefficient (Wildman–Crippen LogP) is 2.74. The van der Waals surface area contributed by atoms with E-state index in [1.54, 1.807) is 0 Å². The van der Waals surface area contributed by atoms with E-state index in [0.717, 1.165) is 11.4 Å². The molecule has 114 valence electrons. The molecule has 1 aromatic carbocycles. The molecule has 0 aliphatic rings. The molecule has 1 N–H and O–H groups in total. The molecule has 0 saturated heterocycles. The van der Waals surface area contributed by atoms with Gasteiger partial charge in [-0.05, 0) is 32.0 Å². The molecule has 0 bridgehead atoms. The molecule has 0 unspecified atom stereocenters. The summed E-state index contributed by atoms with van der Waals surface area (Å²) >= 11 is 1.34. The van der Waals surface area contributed by atoms with Crippen LogP contribution in [0.3, 0.4) is 0 Å². The Bertz CT molecular complexity index is 854. The number of fused-ring (bicyclic) bond motifs is 1. The highest BCUT2D eigenvalue weighted by atomic mass is 32.1. The van der Waals surface area contributed by atoms with Crippen LogP contribution in [-0.4, -0.2) is 27.7 Å².